The summed E-state index contributed by atoms with van der Waals surface area (Å²) < 4.78 is 82.7. The quantitative estimate of drug-likeness (QED) is 0.0555. The van der Waals surface area contributed by atoms with Crippen LogP contribution in [0.25, 0.3) is 0 Å². The molecule has 0 aromatic heterocycles. The summed E-state index contributed by atoms with van der Waals surface area (Å²) >= 11 is 0. The third kappa shape index (κ3) is 20.9. The number of nitrogens with zero attached hydrogens (tertiary/aromatic N) is 4. The Labute approximate surface area is 555 Å². The first-order valence-corrected chi connectivity index (χ1v) is 33.7. The molecule has 0 bridgehead atoms. The summed E-state index contributed by atoms with van der Waals surface area (Å²) in [5, 5.41) is 0. The Morgan fingerprint density at radius 2 is 0.581 bits per heavy atom. The molecule has 24 nitrogen and oxygen atoms in total. The molecule has 0 aliphatic carbocycles. The maximum Gasteiger partial charge on any atom is 0.511 e. The molecule has 6 aliphatic heterocycles. The van der Waals surface area contributed by atoms with Crippen molar-refractivity contribution in [2.75, 3.05) is 67.8 Å². The van der Waals surface area contributed by atoms with Crippen LogP contribution in [0.3, 0.4) is 0 Å². The zero-order chi connectivity index (χ0) is 69.9. The predicted octanol–water partition coefficient (Wildman–Crippen LogP) is 12.1. The second kappa shape index (κ2) is 29.4. The molecule has 0 radical (unpaired) electrons. The Morgan fingerprint density at radius 3 is 0.785 bits per heavy atom. The van der Waals surface area contributed by atoms with E-state index in [-0.39, 0.29) is 122 Å². The van der Waals surface area contributed by atoms with Gasteiger partial charge in [0.15, 0.2) is 12.6 Å². The number of carbonyl (C=O) groups is 6. The average molecular weight is 1330 g/mol. The van der Waals surface area contributed by atoms with E-state index >= 15 is 0 Å². The minimum absolute atomic E-state index is 0.0215. The molecule has 6 saturated heterocycles. The first-order chi connectivity index (χ1) is 42.5. The van der Waals surface area contributed by atoms with Gasteiger partial charge in [-0.1, -0.05) is 27.7 Å². The third-order valence-corrected chi connectivity index (χ3v) is 21.3. The van der Waals surface area contributed by atoms with Crippen LogP contribution in [0.1, 0.15) is 228 Å². The van der Waals surface area contributed by atoms with Crippen molar-refractivity contribution < 1.29 is 95.1 Å². The van der Waals surface area contributed by atoms with Crippen LogP contribution in [0.5, 0.6) is 0 Å². The summed E-state index contributed by atoms with van der Waals surface area (Å²) in [7, 11) is 8.22. The predicted molar refractivity (Wildman–Crippen MR) is 345 cm³/mol. The lowest BCUT2D eigenvalue weighted by Crippen LogP contribution is -2.60. The second-order valence-electron chi connectivity index (χ2n) is 34.1. The number of ether oxygens (including phenoxy) is 14. The lowest BCUT2D eigenvalue weighted by Gasteiger charge is -2.53. The van der Waals surface area contributed by atoms with E-state index in [1.807, 2.05) is 27.7 Å². The summed E-state index contributed by atoms with van der Waals surface area (Å²) in [6.07, 6.45) is -5.25. The van der Waals surface area contributed by atoms with Crippen molar-refractivity contribution in [3.8, 4) is 0 Å². The highest BCUT2D eigenvalue weighted by atomic mass is 16.8. The van der Waals surface area contributed by atoms with Crippen molar-refractivity contribution in [2.45, 2.75) is 322 Å². The summed E-state index contributed by atoms with van der Waals surface area (Å²) in [5.41, 5.74) is -4.28. The smallest absolute Gasteiger partial charge is 0.465 e. The topological polar surface area (TPSA) is 245 Å². The summed E-state index contributed by atoms with van der Waals surface area (Å²) in [6.45, 7) is 41.8. The molecule has 536 valence electrons. The van der Waals surface area contributed by atoms with Crippen LogP contribution in [0.15, 0.2) is 0 Å². The second-order valence-corrected chi connectivity index (χ2v) is 34.1. The molecule has 0 unspecified atom stereocenters. The highest BCUT2D eigenvalue weighted by molar-refractivity contribution is 5.70. The lowest BCUT2D eigenvalue weighted by molar-refractivity contribution is -0.337. The van der Waals surface area contributed by atoms with Gasteiger partial charge in [0.25, 0.3) is 12.6 Å². The van der Waals surface area contributed by atoms with Gasteiger partial charge < -0.3 is 66.3 Å². The molecule has 6 aliphatic rings. The number of hydrogen-bond donors (Lipinski definition) is 0. The number of rotatable bonds is 22. The van der Waals surface area contributed by atoms with Gasteiger partial charge in [-0.25, -0.2) is 19.2 Å². The molecule has 0 aromatic carbocycles. The summed E-state index contributed by atoms with van der Waals surface area (Å²) in [6, 6.07) is 0. The Morgan fingerprint density at radius 1 is 0.376 bits per heavy atom. The molecular weight excluding hydrogens is 1200 g/mol. The SMILES string of the molecule is CN1C(C)(C)CC(OC(=O)OC(CCCC(=O)OCC(C)(C)C2OCC3(CO2)COC(C(C)(C)COC(=O)CCCC(OC(=O)OC2CC(C)(C)N(C)C(C)(C)C2)OC(=O)OC2CC(C)(C)N(C)C(C)(C)C2)OC3)OC(=O)OC2CC(C)(C)N(C)C(C)(C)C2)CC1(C)C. The fourth-order valence-electron chi connectivity index (χ4n) is 14.7. The van der Waals surface area contributed by atoms with Crippen molar-refractivity contribution in [1.29, 1.82) is 0 Å². The van der Waals surface area contributed by atoms with Gasteiger partial charge in [0.1, 0.15) is 37.6 Å². The fraction of sp³-hybridized carbons (Fsp3) is 0.913. The average Bonchev–Trinajstić information content (AvgIpc) is 0.822. The molecular formula is C69H120N4O20. The van der Waals surface area contributed by atoms with Crippen LogP contribution in [0.4, 0.5) is 19.2 Å². The van der Waals surface area contributed by atoms with Gasteiger partial charge in [0.05, 0.1) is 31.8 Å². The lowest BCUT2D eigenvalue weighted by atomic mass is 9.79. The van der Waals surface area contributed by atoms with Crippen LogP contribution in [-0.2, 0) is 75.9 Å². The molecule has 24 heteroatoms. The monoisotopic (exact) mass is 1320 g/mol. The normalized spacial score (nSPS) is 27.0. The van der Waals surface area contributed by atoms with Crippen LogP contribution < -0.4 is 0 Å². The third-order valence-electron chi connectivity index (χ3n) is 21.3. The van der Waals surface area contributed by atoms with Gasteiger partial charge in [-0.2, -0.15) is 0 Å². The Hall–Kier alpha value is -4.30. The highest BCUT2D eigenvalue weighted by Crippen LogP contribution is 2.44. The minimum atomic E-state index is -1.39. The standard InChI is InChI=1S/C69H120N4O20/c1-59(2,39-80-49(74)27-25-29-51(90-55(76)86-45-31-61(5,6)70(21)62(7,8)32-45)91-56(77)87-46-33-63(9,10)71(22)64(11,12)34-46)53-82-41-69(42-83-53)43-84-54(85-44-69)60(3,4)40-81-50(75)28-26-30-52(92-57(78)88-47-35-65(13,14)72(23)66(15,16)36-47)93-58(79)89-48-37-67(17,18)73(24)68(19,20)38-48/h45-48,51-54H,25-44H2,1-24H3. The molecule has 0 aromatic rings. The fourth-order valence-corrected chi connectivity index (χ4v) is 14.7. The Balaban J connectivity index is 0.936. The Bertz CT molecular complexity index is 2200. The number of esters is 2. The molecule has 1 spiro atoms. The van der Waals surface area contributed by atoms with Crippen LogP contribution in [0, 0.1) is 16.2 Å². The molecule has 0 amide bonds. The van der Waals surface area contributed by atoms with E-state index < -0.39 is 102 Å². The van der Waals surface area contributed by atoms with E-state index in [4.69, 9.17) is 66.3 Å². The molecule has 6 rings (SSSR count). The van der Waals surface area contributed by atoms with Crippen molar-refractivity contribution in [1.82, 2.24) is 19.6 Å². The van der Waals surface area contributed by atoms with E-state index in [1.54, 1.807) is 0 Å². The maximum absolute atomic E-state index is 13.4. The largest absolute Gasteiger partial charge is 0.511 e. The van der Waals surface area contributed by atoms with E-state index in [2.05, 4.69) is 159 Å². The van der Waals surface area contributed by atoms with Crippen molar-refractivity contribution in [3.63, 3.8) is 0 Å². The van der Waals surface area contributed by atoms with E-state index in [9.17, 15) is 28.8 Å². The number of hydrogen-bond acceptors (Lipinski definition) is 24. The van der Waals surface area contributed by atoms with Gasteiger partial charge in [-0.05, 0) is 152 Å². The summed E-state index contributed by atoms with van der Waals surface area (Å²) in [4.78, 5) is 89.2. The van der Waals surface area contributed by atoms with Gasteiger partial charge in [0.2, 0.25) is 0 Å². The van der Waals surface area contributed by atoms with E-state index in [1.165, 1.54) is 0 Å². The molecule has 0 saturated carbocycles. The first-order valence-electron chi connectivity index (χ1n) is 33.7. The van der Waals surface area contributed by atoms with Gasteiger partial charge in [-0.15, -0.1) is 0 Å². The highest BCUT2D eigenvalue weighted by Gasteiger charge is 2.51. The zero-order valence-corrected chi connectivity index (χ0v) is 61.2. The molecule has 0 N–H and O–H groups in total. The van der Waals surface area contributed by atoms with Crippen LogP contribution >= 0.6 is 0 Å². The van der Waals surface area contributed by atoms with Crippen molar-refractivity contribution >= 4 is 36.6 Å². The van der Waals surface area contributed by atoms with Crippen molar-refractivity contribution in [2.24, 2.45) is 16.2 Å². The van der Waals surface area contributed by atoms with Gasteiger partial charge in [0, 0.05) is 132 Å². The number of likely N-dealkylation sites (tertiary alicyclic amines) is 4. The van der Waals surface area contributed by atoms with Crippen molar-refractivity contribution in [3.05, 3.63) is 0 Å². The Kier molecular flexibility index (Phi) is 24.6. The summed E-state index contributed by atoms with van der Waals surface area (Å²) in [5.74, 6) is -1.04. The van der Waals surface area contributed by atoms with Gasteiger partial charge >= 0.3 is 36.6 Å². The van der Waals surface area contributed by atoms with Crippen LogP contribution in [0.2, 0.25) is 0 Å². The molecule has 6 heterocycles. The molecule has 6 fully saturated rings. The number of piperidine rings is 4. The maximum atomic E-state index is 13.4. The van der Waals surface area contributed by atoms with E-state index in [0.29, 0.717) is 51.4 Å². The number of carbonyl (C=O) groups excluding carboxylic acids is 6. The zero-order valence-electron chi connectivity index (χ0n) is 61.2. The van der Waals surface area contributed by atoms with E-state index in [0.717, 1.165) is 0 Å². The van der Waals surface area contributed by atoms with Gasteiger partial charge in [-0.3, -0.25) is 29.2 Å². The molecule has 93 heavy (non-hydrogen) atoms. The minimum Gasteiger partial charge on any atom is -0.465 e. The first kappa shape index (κ1) is 77.7. The molecule has 0 atom stereocenters. The van der Waals surface area contributed by atoms with Crippen LogP contribution in [-0.4, -0.2) is 218 Å².